The van der Waals surface area contributed by atoms with Gasteiger partial charge in [0.2, 0.25) is 0 Å². The first-order valence-corrected chi connectivity index (χ1v) is 5.63. The van der Waals surface area contributed by atoms with E-state index in [1.54, 1.807) is 0 Å². The minimum atomic E-state index is 0.280. The molecule has 1 atom stereocenters. The van der Waals surface area contributed by atoms with Crippen molar-refractivity contribution in [2.24, 2.45) is 5.92 Å². The van der Waals surface area contributed by atoms with Gasteiger partial charge in [0, 0.05) is 12.3 Å². The SMILES string of the molecule is CCCC(=O)C(C)CCSC. The molecule has 0 heterocycles. The monoisotopic (exact) mass is 174 g/mol. The van der Waals surface area contributed by atoms with Crippen molar-refractivity contribution in [3.05, 3.63) is 0 Å². The Hall–Kier alpha value is 0.0200. The van der Waals surface area contributed by atoms with E-state index in [9.17, 15) is 4.79 Å². The van der Waals surface area contributed by atoms with E-state index in [0.717, 1.165) is 25.0 Å². The Labute approximate surface area is 73.9 Å². The first kappa shape index (κ1) is 11.0. The van der Waals surface area contributed by atoms with Crippen molar-refractivity contribution in [2.45, 2.75) is 33.1 Å². The molecule has 0 aromatic heterocycles. The lowest BCUT2D eigenvalue weighted by atomic mass is 10.0. The molecule has 0 spiro atoms. The van der Waals surface area contributed by atoms with Crippen molar-refractivity contribution in [1.29, 1.82) is 0 Å². The van der Waals surface area contributed by atoms with E-state index in [4.69, 9.17) is 0 Å². The molecule has 0 N–H and O–H groups in total. The zero-order valence-electron chi connectivity index (χ0n) is 7.72. The van der Waals surface area contributed by atoms with Crippen LogP contribution in [0.4, 0.5) is 0 Å². The molecule has 0 bridgehead atoms. The van der Waals surface area contributed by atoms with Crippen LogP contribution in [0, 0.1) is 5.92 Å². The van der Waals surface area contributed by atoms with Crippen molar-refractivity contribution in [1.82, 2.24) is 0 Å². The molecule has 0 fully saturated rings. The summed E-state index contributed by atoms with van der Waals surface area (Å²) in [7, 11) is 0. The Morgan fingerprint density at radius 2 is 2.18 bits per heavy atom. The number of thioether (sulfide) groups is 1. The zero-order valence-corrected chi connectivity index (χ0v) is 8.54. The molecular weight excluding hydrogens is 156 g/mol. The van der Waals surface area contributed by atoms with Crippen LogP contribution < -0.4 is 0 Å². The molecule has 11 heavy (non-hydrogen) atoms. The van der Waals surface area contributed by atoms with Gasteiger partial charge < -0.3 is 0 Å². The summed E-state index contributed by atoms with van der Waals surface area (Å²) in [6.07, 6.45) is 4.87. The predicted molar refractivity (Wildman–Crippen MR) is 52.1 cm³/mol. The fraction of sp³-hybridized carbons (Fsp3) is 0.889. The number of Topliss-reactive ketones (excluding diaryl/α,β-unsaturated/α-hetero) is 1. The summed E-state index contributed by atoms with van der Waals surface area (Å²) in [5, 5.41) is 0. The van der Waals surface area contributed by atoms with Gasteiger partial charge in [0.25, 0.3) is 0 Å². The maximum absolute atomic E-state index is 11.2. The molecule has 0 radical (unpaired) electrons. The van der Waals surface area contributed by atoms with Gasteiger partial charge in [-0.05, 0) is 24.9 Å². The Bertz CT molecular complexity index is 112. The normalized spacial score (nSPS) is 13.0. The van der Waals surface area contributed by atoms with Crippen LogP contribution in [0.25, 0.3) is 0 Å². The molecule has 66 valence electrons. The standard InChI is InChI=1S/C9H18OS/c1-4-5-9(10)8(2)6-7-11-3/h8H,4-7H2,1-3H3. The molecule has 0 aromatic carbocycles. The van der Waals surface area contributed by atoms with Gasteiger partial charge in [0.05, 0.1) is 0 Å². The fourth-order valence-electron chi connectivity index (χ4n) is 0.948. The summed E-state index contributed by atoms with van der Waals surface area (Å²) >= 11 is 1.81. The van der Waals surface area contributed by atoms with Gasteiger partial charge in [-0.25, -0.2) is 0 Å². The molecule has 0 amide bonds. The summed E-state index contributed by atoms with van der Waals surface area (Å²) in [6, 6.07) is 0. The largest absolute Gasteiger partial charge is 0.299 e. The average Bonchev–Trinajstić information content (AvgIpc) is 2.00. The van der Waals surface area contributed by atoms with Gasteiger partial charge in [-0.1, -0.05) is 13.8 Å². The molecule has 0 aliphatic heterocycles. The average molecular weight is 174 g/mol. The summed E-state index contributed by atoms with van der Waals surface area (Å²) in [4.78, 5) is 11.2. The van der Waals surface area contributed by atoms with Crippen LogP contribution in [0.15, 0.2) is 0 Å². The van der Waals surface area contributed by atoms with E-state index >= 15 is 0 Å². The highest BCUT2D eigenvalue weighted by Gasteiger charge is 2.10. The van der Waals surface area contributed by atoms with Gasteiger partial charge in [-0.15, -0.1) is 0 Å². The molecule has 0 aliphatic carbocycles. The highest BCUT2D eigenvalue weighted by Crippen LogP contribution is 2.10. The number of carbonyl (C=O) groups excluding carboxylic acids is 1. The van der Waals surface area contributed by atoms with Crippen molar-refractivity contribution in [2.75, 3.05) is 12.0 Å². The maximum atomic E-state index is 11.2. The second-order valence-corrected chi connectivity index (χ2v) is 3.88. The molecular formula is C9H18OS. The third kappa shape index (κ3) is 5.31. The molecule has 1 unspecified atom stereocenters. The minimum Gasteiger partial charge on any atom is -0.299 e. The van der Waals surface area contributed by atoms with Gasteiger partial charge >= 0.3 is 0 Å². The fourth-order valence-corrected chi connectivity index (χ4v) is 1.54. The summed E-state index contributed by atoms with van der Waals surface area (Å²) < 4.78 is 0. The van der Waals surface area contributed by atoms with Gasteiger partial charge in [-0.2, -0.15) is 11.8 Å². The van der Waals surface area contributed by atoms with Crippen LogP contribution in [0.3, 0.4) is 0 Å². The minimum absolute atomic E-state index is 0.280. The van der Waals surface area contributed by atoms with E-state index < -0.39 is 0 Å². The van der Waals surface area contributed by atoms with Gasteiger partial charge in [0.15, 0.2) is 0 Å². The van der Waals surface area contributed by atoms with Crippen molar-refractivity contribution < 1.29 is 4.79 Å². The number of ketones is 1. The number of hydrogen-bond donors (Lipinski definition) is 0. The smallest absolute Gasteiger partial charge is 0.135 e. The van der Waals surface area contributed by atoms with Crippen LogP contribution in [0.1, 0.15) is 33.1 Å². The summed E-state index contributed by atoms with van der Waals surface area (Å²) in [5.41, 5.74) is 0. The second kappa shape index (κ2) is 6.71. The first-order valence-electron chi connectivity index (χ1n) is 4.24. The zero-order chi connectivity index (χ0) is 8.69. The van der Waals surface area contributed by atoms with Crippen LogP contribution >= 0.6 is 11.8 Å². The lowest BCUT2D eigenvalue weighted by Gasteiger charge is -2.07. The van der Waals surface area contributed by atoms with Gasteiger partial charge in [-0.3, -0.25) is 4.79 Å². The summed E-state index contributed by atoms with van der Waals surface area (Å²) in [6.45, 7) is 4.09. The Morgan fingerprint density at radius 3 is 2.64 bits per heavy atom. The highest BCUT2D eigenvalue weighted by molar-refractivity contribution is 7.98. The lowest BCUT2D eigenvalue weighted by Crippen LogP contribution is -2.10. The van der Waals surface area contributed by atoms with Crippen molar-refractivity contribution >= 4 is 17.5 Å². The van der Waals surface area contributed by atoms with Crippen LogP contribution in [-0.4, -0.2) is 17.8 Å². The topological polar surface area (TPSA) is 17.1 Å². The van der Waals surface area contributed by atoms with Gasteiger partial charge in [0.1, 0.15) is 5.78 Å². The molecule has 1 nitrogen and oxygen atoms in total. The Balaban J connectivity index is 3.46. The maximum Gasteiger partial charge on any atom is 0.135 e. The third-order valence-electron chi connectivity index (χ3n) is 1.80. The molecule has 0 rings (SSSR count). The van der Waals surface area contributed by atoms with E-state index in [-0.39, 0.29) is 5.92 Å². The quantitative estimate of drug-likeness (QED) is 0.616. The summed E-state index contributed by atoms with van der Waals surface area (Å²) in [5.74, 6) is 1.82. The third-order valence-corrected chi connectivity index (χ3v) is 2.44. The highest BCUT2D eigenvalue weighted by atomic mass is 32.2. The van der Waals surface area contributed by atoms with Crippen LogP contribution in [0.2, 0.25) is 0 Å². The Kier molecular flexibility index (Phi) is 6.73. The van der Waals surface area contributed by atoms with Crippen molar-refractivity contribution in [3.63, 3.8) is 0 Å². The lowest BCUT2D eigenvalue weighted by molar-refractivity contribution is -0.122. The molecule has 0 aliphatic rings. The Morgan fingerprint density at radius 1 is 1.55 bits per heavy atom. The van der Waals surface area contributed by atoms with E-state index in [1.807, 2.05) is 18.7 Å². The second-order valence-electron chi connectivity index (χ2n) is 2.90. The molecule has 0 saturated carbocycles. The molecule has 2 heteroatoms. The van der Waals surface area contributed by atoms with E-state index in [0.29, 0.717) is 5.78 Å². The van der Waals surface area contributed by atoms with Crippen molar-refractivity contribution in [3.8, 4) is 0 Å². The van der Waals surface area contributed by atoms with Crippen LogP contribution in [-0.2, 0) is 4.79 Å². The molecule has 0 aromatic rings. The first-order chi connectivity index (χ1) is 5.22. The predicted octanol–water partition coefficient (Wildman–Crippen LogP) is 2.74. The number of rotatable bonds is 6. The molecule has 0 saturated heterocycles. The number of hydrogen-bond acceptors (Lipinski definition) is 2. The van der Waals surface area contributed by atoms with Crippen LogP contribution in [0.5, 0.6) is 0 Å². The van der Waals surface area contributed by atoms with E-state index in [2.05, 4.69) is 13.2 Å². The van der Waals surface area contributed by atoms with E-state index in [1.165, 1.54) is 0 Å². The number of carbonyl (C=O) groups is 1.